The summed E-state index contributed by atoms with van der Waals surface area (Å²) in [7, 11) is 0. The molecule has 0 aliphatic carbocycles. The van der Waals surface area contributed by atoms with E-state index in [-0.39, 0.29) is 23.1 Å². The molecule has 0 spiro atoms. The summed E-state index contributed by atoms with van der Waals surface area (Å²) in [5, 5.41) is 12.2. The van der Waals surface area contributed by atoms with E-state index in [9.17, 15) is 23.1 Å². The molecular weight excluding hydrogens is 397 g/mol. The quantitative estimate of drug-likeness (QED) is 0.654. The molecule has 0 aromatic heterocycles. The third-order valence-corrected chi connectivity index (χ3v) is 4.80. The van der Waals surface area contributed by atoms with Gasteiger partial charge in [0, 0.05) is 5.56 Å². The molecule has 2 aromatic rings. The van der Waals surface area contributed by atoms with Gasteiger partial charge in [-0.1, -0.05) is 25.5 Å². The third-order valence-electron chi connectivity index (χ3n) is 4.80. The number of nitrogens with zero attached hydrogens (tertiary/aromatic N) is 1. The Labute approximate surface area is 172 Å². The van der Waals surface area contributed by atoms with Gasteiger partial charge < -0.3 is 15.2 Å². The first kappa shape index (κ1) is 21.7. The molecular formula is C22H23F3N2O3. The number of benzene rings is 2. The highest BCUT2D eigenvalue weighted by Crippen LogP contribution is 2.36. The van der Waals surface area contributed by atoms with Crippen molar-refractivity contribution in [2.75, 3.05) is 6.54 Å². The molecule has 0 saturated heterocycles. The Hall–Kier alpha value is -3.03. The molecule has 0 saturated carbocycles. The molecule has 0 fully saturated rings. The molecule has 160 valence electrons. The Morgan fingerprint density at radius 1 is 1.23 bits per heavy atom. The number of ether oxygens (including phenoxy) is 1. The zero-order valence-corrected chi connectivity index (χ0v) is 16.7. The predicted molar refractivity (Wildman–Crippen MR) is 107 cm³/mol. The zero-order valence-electron chi connectivity index (χ0n) is 16.7. The summed E-state index contributed by atoms with van der Waals surface area (Å²) in [6.07, 6.45) is -4.51. The number of aromatic hydroxyl groups is 1. The fourth-order valence-electron chi connectivity index (χ4n) is 3.12. The van der Waals surface area contributed by atoms with Crippen molar-refractivity contribution in [2.24, 2.45) is 4.99 Å². The Bertz CT molecular complexity index is 940. The van der Waals surface area contributed by atoms with E-state index < -0.39 is 23.8 Å². The highest BCUT2D eigenvalue weighted by Gasteiger charge is 2.36. The number of carbonyl (C=O) groups excluding carboxylic acids is 1. The molecule has 2 atom stereocenters. The number of hydrogen-bond donors (Lipinski definition) is 2. The molecule has 1 unspecified atom stereocenters. The molecule has 0 radical (unpaired) electrons. The van der Waals surface area contributed by atoms with Crippen LogP contribution in [0.25, 0.3) is 0 Å². The van der Waals surface area contributed by atoms with Crippen LogP contribution in [-0.2, 0) is 11.0 Å². The number of phenolic OH excluding ortho intramolecular Hbond substituents is 1. The van der Waals surface area contributed by atoms with Crippen LogP contribution in [-0.4, -0.2) is 29.4 Å². The fraction of sp³-hybridized carbons (Fsp3) is 0.364. The number of hydrogen-bond acceptors (Lipinski definition) is 4. The van der Waals surface area contributed by atoms with Gasteiger partial charge in [-0.25, -0.2) is 0 Å². The normalized spacial score (nSPS) is 15.2. The van der Waals surface area contributed by atoms with Gasteiger partial charge in [-0.2, -0.15) is 13.2 Å². The Balaban J connectivity index is 1.75. The second kappa shape index (κ2) is 8.77. The number of phenols is 1. The van der Waals surface area contributed by atoms with Gasteiger partial charge in [0.15, 0.2) is 6.10 Å². The van der Waals surface area contributed by atoms with Crippen molar-refractivity contribution in [1.82, 2.24) is 5.32 Å². The van der Waals surface area contributed by atoms with Gasteiger partial charge in [-0.3, -0.25) is 9.79 Å². The summed E-state index contributed by atoms with van der Waals surface area (Å²) in [5.74, 6) is -0.314. The smallest absolute Gasteiger partial charge is 0.417 e. The van der Waals surface area contributed by atoms with Crippen LogP contribution >= 0.6 is 0 Å². The van der Waals surface area contributed by atoms with E-state index in [0.717, 1.165) is 11.6 Å². The van der Waals surface area contributed by atoms with E-state index in [1.54, 1.807) is 19.1 Å². The van der Waals surface area contributed by atoms with Crippen LogP contribution in [0.15, 0.2) is 47.5 Å². The molecule has 5 nitrogen and oxygen atoms in total. The number of amides is 1. The summed E-state index contributed by atoms with van der Waals surface area (Å²) in [6.45, 7) is 3.95. The first-order chi connectivity index (χ1) is 14.2. The lowest BCUT2D eigenvalue weighted by molar-refractivity contribution is -0.137. The second-order valence-electron chi connectivity index (χ2n) is 7.19. The average molecular weight is 420 g/mol. The Kier molecular flexibility index (Phi) is 6.34. The van der Waals surface area contributed by atoms with Crippen molar-refractivity contribution in [3.63, 3.8) is 0 Å². The van der Waals surface area contributed by atoms with Crippen LogP contribution in [0.1, 0.15) is 49.4 Å². The van der Waals surface area contributed by atoms with Crippen LogP contribution in [0, 0.1) is 0 Å². The van der Waals surface area contributed by atoms with Crippen molar-refractivity contribution in [3.05, 3.63) is 59.2 Å². The van der Waals surface area contributed by atoms with Gasteiger partial charge in [0.1, 0.15) is 11.5 Å². The van der Waals surface area contributed by atoms with Crippen LogP contribution in [0.5, 0.6) is 11.5 Å². The number of carbonyl (C=O) groups is 1. The lowest BCUT2D eigenvalue weighted by Gasteiger charge is -2.22. The summed E-state index contributed by atoms with van der Waals surface area (Å²) >= 11 is 0. The minimum absolute atomic E-state index is 0.0155. The minimum Gasteiger partial charge on any atom is -0.508 e. The van der Waals surface area contributed by atoms with Crippen LogP contribution < -0.4 is 10.1 Å². The summed E-state index contributed by atoms with van der Waals surface area (Å²) in [6, 6.07) is 9.74. The van der Waals surface area contributed by atoms with Gasteiger partial charge in [0.2, 0.25) is 0 Å². The van der Waals surface area contributed by atoms with E-state index in [4.69, 9.17) is 4.74 Å². The molecule has 1 amide bonds. The molecule has 8 heteroatoms. The molecule has 2 aromatic carbocycles. The fourth-order valence-corrected chi connectivity index (χ4v) is 3.12. The van der Waals surface area contributed by atoms with Gasteiger partial charge in [-0.05, 0) is 49.2 Å². The van der Waals surface area contributed by atoms with Crippen LogP contribution in [0.4, 0.5) is 13.2 Å². The Morgan fingerprint density at radius 2 is 1.90 bits per heavy atom. The van der Waals surface area contributed by atoms with Crippen molar-refractivity contribution < 1.29 is 27.8 Å². The number of nitrogens with one attached hydrogen (secondary N) is 1. The van der Waals surface area contributed by atoms with Crippen molar-refractivity contribution in [3.8, 4) is 11.5 Å². The summed E-state index contributed by atoms with van der Waals surface area (Å²) < 4.78 is 46.0. The van der Waals surface area contributed by atoms with Gasteiger partial charge in [-0.15, -0.1) is 0 Å². The van der Waals surface area contributed by atoms with E-state index in [2.05, 4.69) is 10.3 Å². The van der Waals surface area contributed by atoms with Gasteiger partial charge >= 0.3 is 6.18 Å². The number of alkyl halides is 3. The zero-order chi connectivity index (χ0) is 21.9. The van der Waals surface area contributed by atoms with Crippen molar-refractivity contribution in [2.45, 2.75) is 45.0 Å². The molecule has 3 rings (SSSR count). The molecule has 2 N–H and O–H groups in total. The lowest BCUT2D eigenvalue weighted by Crippen LogP contribution is -2.39. The van der Waals surface area contributed by atoms with Crippen LogP contribution in [0.2, 0.25) is 0 Å². The van der Waals surface area contributed by atoms with E-state index in [0.29, 0.717) is 25.1 Å². The largest absolute Gasteiger partial charge is 0.508 e. The highest BCUT2D eigenvalue weighted by molar-refractivity contribution is 6.11. The van der Waals surface area contributed by atoms with Crippen LogP contribution in [0.3, 0.4) is 0 Å². The highest BCUT2D eigenvalue weighted by atomic mass is 19.4. The average Bonchev–Trinajstić information content (AvgIpc) is 3.52. The first-order valence-corrected chi connectivity index (χ1v) is 9.70. The Morgan fingerprint density at radius 3 is 2.47 bits per heavy atom. The summed E-state index contributed by atoms with van der Waals surface area (Å²) in [4.78, 5) is 16.6. The lowest BCUT2D eigenvalue weighted by atomic mass is 10.0. The SMILES string of the molecule is CCCC(Oc1ccc(C2=NC2)c(C(F)(F)F)c1)C(=O)N[C@H](C)c1ccc(O)cc1. The second-order valence-corrected chi connectivity index (χ2v) is 7.19. The minimum atomic E-state index is -4.55. The van der Waals surface area contributed by atoms with E-state index >= 15 is 0 Å². The van der Waals surface area contributed by atoms with Gasteiger partial charge in [0.05, 0.1) is 23.9 Å². The molecule has 1 heterocycles. The molecule has 0 bridgehead atoms. The first-order valence-electron chi connectivity index (χ1n) is 9.70. The van der Waals surface area contributed by atoms with E-state index in [1.165, 1.54) is 24.3 Å². The third kappa shape index (κ3) is 5.31. The molecule has 30 heavy (non-hydrogen) atoms. The number of aliphatic imine (C=N–C) groups is 1. The number of rotatable bonds is 8. The van der Waals surface area contributed by atoms with Gasteiger partial charge in [0.25, 0.3) is 5.91 Å². The topological polar surface area (TPSA) is 70.9 Å². The maximum absolute atomic E-state index is 13.4. The van der Waals surface area contributed by atoms with Crippen molar-refractivity contribution >= 4 is 11.6 Å². The monoisotopic (exact) mass is 420 g/mol. The maximum atomic E-state index is 13.4. The number of halogens is 3. The maximum Gasteiger partial charge on any atom is 0.417 e. The van der Waals surface area contributed by atoms with Crippen molar-refractivity contribution in [1.29, 1.82) is 0 Å². The molecule has 1 aliphatic heterocycles. The predicted octanol–water partition coefficient (Wildman–Crippen LogP) is 4.64. The van der Waals surface area contributed by atoms with E-state index in [1.807, 2.05) is 6.92 Å². The summed E-state index contributed by atoms with van der Waals surface area (Å²) in [5.41, 5.74) is 0.432. The standard InChI is InChI=1S/C22H23F3N2O3/c1-3-4-20(21(29)27-13(2)14-5-7-15(28)8-6-14)30-16-9-10-17(19-12-26-19)18(11-16)22(23,24)25/h5-11,13,20,28H,3-4,12H2,1-2H3,(H,27,29)/t13-,20?/m1/s1. The molecule has 1 aliphatic rings.